The zero-order chi connectivity index (χ0) is 27.0. The van der Waals surface area contributed by atoms with E-state index < -0.39 is 22.0 Å². The Labute approximate surface area is 221 Å². The summed E-state index contributed by atoms with van der Waals surface area (Å²) in [5, 5.41) is 6.81. The second-order valence-corrected chi connectivity index (χ2v) is 11.6. The van der Waals surface area contributed by atoms with Crippen molar-refractivity contribution < 1.29 is 27.3 Å². The summed E-state index contributed by atoms with van der Waals surface area (Å²) in [4.78, 5) is 27.8. The average Bonchev–Trinajstić information content (AvgIpc) is 3.24. The average molecular weight is 539 g/mol. The summed E-state index contributed by atoms with van der Waals surface area (Å²) < 4.78 is 38.4. The Morgan fingerprint density at radius 3 is 2.45 bits per heavy atom. The predicted octanol–water partition coefficient (Wildman–Crippen LogP) is 4.03. The number of fused-ring (bicyclic) bond motifs is 1. The molecule has 0 spiro atoms. The molecule has 0 aliphatic carbocycles. The van der Waals surface area contributed by atoms with Gasteiger partial charge < -0.3 is 19.5 Å². The highest BCUT2D eigenvalue weighted by molar-refractivity contribution is 7.89. The van der Waals surface area contributed by atoms with Crippen molar-refractivity contribution in [3.8, 4) is 5.75 Å². The molecule has 2 aromatic carbocycles. The van der Waals surface area contributed by atoms with Gasteiger partial charge in [0.2, 0.25) is 10.0 Å². The first-order valence-corrected chi connectivity index (χ1v) is 14.0. The van der Waals surface area contributed by atoms with Gasteiger partial charge in [-0.1, -0.05) is 11.6 Å². The fourth-order valence-corrected chi connectivity index (χ4v) is 6.29. The molecule has 2 aliphatic heterocycles. The summed E-state index contributed by atoms with van der Waals surface area (Å²) in [5.74, 6) is 0.535. The van der Waals surface area contributed by atoms with Crippen molar-refractivity contribution in [2.45, 2.75) is 57.6 Å². The lowest BCUT2D eigenvalue weighted by Crippen LogP contribution is -2.44. The molecule has 2 amide bonds. The summed E-state index contributed by atoms with van der Waals surface area (Å²) in [7, 11) is -3.58. The van der Waals surface area contributed by atoms with Crippen molar-refractivity contribution >= 4 is 33.2 Å². The number of nitrogens with zero attached hydrogens (tertiary/aromatic N) is 3. The molecule has 1 saturated heterocycles. The van der Waals surface area contributed by atoms with Crippen LogP contribution in [0.1, 0.15) is 53.6 Å². The summed E-state index contributed by atoms with van der Waals surface area (Å²) >= 11 is 0. The van der Waals surface area contributed by atoms with E-state index in [1.165, 1.54) is 28.6 Å². The number of benzene rings is 2. The molecule has 1 atom stereocenters. The second kappa shape index (κ2) is 10.2. The van der Waals surface area contributed by atoms with E-state index in [1.54, 1.807) is 36.9 Å². The van der Waals surface area contributed by atoms with Gasteiger partial charge in [-0.3, -0.25) is 9.59 Å². The number of piperidine rings is 1. The van der Waals surface area contributed by atoms with Crippen LogP contribution in [-0.4, -0.2) is 48.9 Å². The molecular weight excluding hydrogens is 508 g/mol. The highest BCUT2D eigenvalue weighted by atomic mass is 32.2. The lowest BCUT2D eigenvalue weighted by molar-refractivity contribution is -0.125. The molecule has 1 aromatic heterocycles. The first-order valence-electron chi connectivity index (χ1n) is 12.6. The summed E-state index contributed by atoms with van der Waals surface area (Å²) in [6.45, 7) is 6.59. The number of rotatable bonds is 6. The van der Waals surface area contributed by atoms with Crippen LogP contribution in [0.5, 0.6) is 5.75 Å². The van der Waals surface area contributed by atoms with Crippen LogP contribution in [0.3, 0.4) is 0 Å². The number of carbonyl (C=O) groups excluding carboxylic acids is 2. The fourth-order valence-electron chi connectivity index (χ4n) is 4.77. The number of hydrogen-bond donors (Lipinski definition) is 1. The SMILES string of the molecule is Cc1noc(C)c1CN1C(=O)C(C)Oc2ccc(NC(=O)c3ccc(S(=O)(=O)N4CCCCC4)cc3)cc21. The standard InChI is InChI=1S/C27H30N4O6S/c1-17-23(18(2)37-29-17)16-31-24-15-21(9-12-25(24)36-19(3)27(31)33)28-26(32)20-7-10-22(11-8-20)38(34,35)30-13-5-4-6-14-30/h7-12,15,19H,4-6,13-14,16H2,1-3H3,(H,28,32). The summed E-state index contributed by atoms with van der Waals surface area (Å²) in [6, 6.07) is 11.0. The smallest absolute Gasteiger partial charge is 0.268 e. The maximum atomic E-state index is 13.0. The van der Waals surface area contributed by atoms with E-state index in [0.29, 0.717) is 47.2 Å². The first-order chi connectivity index (χ1) is 18.1. The molecule has 200 valence electrons. The molecule has 1 unspecified atom stereocenters. The van der Waals surface area contributed by atoms with Crippen LogP contribution in [0.25, 0.3) is 0 Å². The molecule has 1 fully saturated rings. The number of anilines is 2. The Kier molecular flexibility index (Phi) is 6.97. The minimum atomic E-state index is -3.58. The molecule has 11 heteroatoms. The van der Waals surface area contributed by atoms with E-state index in [4.69, 9.17) is 9.26 Å². The first kappa shape index (κ1) is 25.9. The summed E-state index contributed by atoms with van der Waals surface area (Å²) in [5.41, 5.74) is 2.81. The highest BCUT2D eigenvalue weighted by Crippen LogP contribution is 2.38. The normalized spacial score (nSPS) is 18.1. The number of hydrogen-bond acceptors (Lipinski definition) is 7. The van der Waals surface area contributed by atoms with E-state index in [0.717, 1.165) is 24.8 Å². The molecule has 3 heterocycles. The number of nitrogens with one attached hydrogen (secondary N) is 1. The fraction of sp³-hybridized carbons (Fsp3) is 0.370. The van der Waals surface area contributed by atoms with E-state index in [9.17, 15) is 18.0 Å². The third-order valence-corrected chi connectivity index (χ3v) is 8.90. The predicted molar refractivity (Wildman–Crippen MR) is 141 cm³/mol. The van der Waals surface area contributed by atoms with Gasteiger partial charge in [0.25, 0.3) is 11.8 Å². The number of aromatic nitrogens is 1. The highest BCUT2D eigenvalue weighted by Gasteiger charge is 2.33. The van der Waals surface area contributed by atoms with Crippen LogP contribution in [0.4, 0.5) is 11.4 Å². The molecule has 1 N–H and O–H groups in total. The van der Waals surface area contributed by atoms with E-state index in [1.807, 2.05) is 6.92 Å². The van der Waals surface area contributed by atoms with Crippen LogP contribution in [0, 0.1) is 13.8 Å². The Bertz CT molecular complexity index is 1460. The van der Waals surface area contributed by atoms with Gasteiger partial charge >= 0.3 is 0 Å². The topological polar surface area (TPSA) is 122 Å². The zero-order valence-electron chi connectivity index (χ0n) is 21.6. The molecular formula is C27H30N4O6S. The third kappa shape index (κ3) is 4.91. The largest absolute Gasteiger partial charge is 0.479 e. The Hall–Kier alpha value is -3.70. The molecule has 0 saturated carbocycles. The number of amides is 2. The Morgan fingerprint density at radius 2 is 1.79 bits per heavy atom. The Balaban J connectivity index is 1.35. The zero-order valence-corrected chi connectivity index (χ0v) is 22.4. The van der Waals surface area contributed by atoms with Gasteiger partial charge in [0.15, 0.2) is 6.10 Å². The van der Waals surface area contributed by atoms with Crippen molar-refractivity contribution in [1.82, 2.24) is 9.46 Å². The third-order valence-electron chi connectivity index (χ3n) is 6.99. The van der Waals surface area contributed by atoms with Gasteiger partial charge in [-0.15, -0.1) is 0 Å². The maximum Gasteiger partial charge on any atom is 0.268 e. The van der Waals surface area contributed by atoms with Crippen molar-refractivity contribution in [2.24, 2.45) is 0 Å². The van der Waals surface area contributed by atoms with Crippen LogP contribution in [0.15, 0.2) is 51.9 Å². The Morgan fingerprint density at radius 1 is 1.08 bits per heavy atom. The van der Waals surface area contributed by atoms with Gasteiger partial charge in [0, 0.05) is 29.9 Å². The van der Waals surface area contributed by atoms with Crippen molar-refractivity contribution in [3.05, 3.63) is 65.0 Å². The molecule has 2 aliphatic rings. The molecule has 10 nitrogen and oxygen atoms in total. The maximum absolute atomic E-state index is 13.0. The van der Waals surface area contributed by atoms with Gasteiger partial charge in [-0.2, -0.15) is 4.31 Å². The second-order valence-electron chi connectivity index (χ2n) is 9.61. The molecule has 0 bridgehead atoms. The minimum absolute atomic E-state index is 0.171. The van der Waals surface area contributed by atoms with Crippen LogP contribution < -0.4 is 15.0 Å². The molecule has 5 rings (SSSR count). The van der Waals surface area contributed by atoms with Crippen molar-refractivity contribution in [3.63, 3.8) is 0 Å². The van der Waals surface area contributed by atoms with Crippen molar-refractivity contribution in [2.75, 3.05) is 23.3 Å². The molecule has 0 radical (unpaired) electrons. The van der Waals surface area contributed by atoms with Crippen molar-refractivity contribution in [1.29, 1.82) is 0 Å². The monoisotopic (exact) mass is 538 g/mol. The number of ether oxygens (including phenoxy) is 1. The minimum Gasteiger partial charge on any atom is -0.479 e. The number of carbonyl (C=O) groups is 2. The van der Waals surface area contributed by atoms with Gasteiger partial charge in [0.1, 0.15) is 11.5 Å². The van der Waals surface area contributed by atoms with E-state index >= 15 is 0 Å². The van der Waals surface area contributed by atoms with Gasteiger partial charge in [0.05, 0.1) is 22.8 Å². The lowest BCUT2D eigenvalue weighted by atomic mass is 10.1. The summed E-state index contributed by atoms with van der Waals surface area (Å²) in [6.07, 6.45) is 2.07. The number of aryl methyl sites for hydroxylation is 2. The molecule has 3 aromatic rings. The van der Waals surface area contributed by atoms with Crippen LogP contribution >= 0.6 is 0 Å². The van der Waals surface area contributed by atoms with Gasteiger partial charge in [-0.25, -0.2) is 8.42 Å². The molecule has 38 heavy (non-hydrogen) atoms. The van der Waals surface area contributed by atoms with E-state index in [2.05, 4.69) is 10.5 Å². The van der Waals surface area contributed by atoms with Gasteiger partial charge in [-0.05, 0) is 76.1 Å². The quantitative estimate of drug-likeness (QED) is 0.503. The number of sulfonamides is 1. The van der Waals surface area contributed by atoms with Crippen LogP contribution in [0.2, 0.25) is 0 Å². The van der Waals surface area contributed by atoms with E-state index in [-0.39, 0.29) is 17.3 Å². The lowest BCUT2D eigenvalue weighted by Gasteiger charge is -2.33. The van der Waals surface area contributed by atoms with Crippen LogP contribution in [-0.2, 0) is 21.4 Å².